The van der Waals surface area contributed by atoms with Gasteiger partial charge in [0.25, 0.3) is 0 Å². The Morgan fingerprint density at radius 1 is 1.15 bits per heavy atom. The molecule has 2 rings (SSSR count). The van der Waals surface area contributed by atoms with Crippen LogP contribution in [0.2, 0.25) is 0 Å². The highest BCUT2D eigenvalue weighted by Gasteiger charge is 2.42. The van der Waals surface area contributed by atoms with Crippen molar-refractivity contribution in [2.75, 3.05) is 0 Å². The second kappa shape index (κ2) is 5.27. The third kappa shape index (κ3) is 2.38. The van der Waals surface area contributed by atoms with Gasteiger partial charge in [0.15, 0.2) is 11.6 Å². The molecule has 1 aliphatic carbocycles. The summed E-state index contributed by atoms with van der Waals surface area (Å²) < 4.78 is 41.9. The van der Waals surface area contributed by atoms with Gasteiger partial charge in [0, 0.05) is 11.0 Å². The SMILES string of the molecule is CC1=C[C@](C)(c2c(F)ccc(F)c2F)C(C(C)C)CC1. The van der Waals surface area contributed by atoms with E-state index in [1.165, 1.54) is 0 Å². The minimum atomic E-state index is -1.05. The number of allylic oxidation sites excluding steroid dienone is 2. The van der Waals surface area contributed by atoms with E-state index in [0.29, 0.717) is 0 Å². The van der Waals surface area contributed by atoms with Crippen LogP contribution < -0.4 is 0 Å². The summed E-state index contributed by atoms with van der Waals surface area (Å²) in [5, 5.41) is 0. The average molecular weight is 282 g/mol. The van der Waals surface area contributed by atoms with Gasteiger partial charge in [-0.2, -0.15) is 0 Å². The average Bonchev–Trinajstić information content (AvgIpc) is 2.33. The lowest BCUT2D eigenvalue weighted by Crippen LogP contribution is -2.38. The molecule has 20 heavy (non-hydrogen) atoms. The summed E-state index contributed by atoms with van der Waals surface area (Å²) in [7, 11) is 0. The summed E-state index contributed by atoms with van der Waals surface area (Å²) in [6.45, 7) is 7.88. The first-order valence-corrected chi connectivity index (χ1v) is 7.09. The first kappa shape index (κ1) is 15.1. The van der Waals surface area contributed by atoms with Crippen molar-refractivity contribution in [2.45, 2.75) is 46.0 Å². The maximum Gasteiger partial charge on any atom is 0.165 e. The largest absolute Gasteiger partial charge is 0.207 e. The molecule has 1 aliphatic rings. The van der Waals surface area contributed by atoms with Crippen LogP contribution in [0, 0.1) is 29.3 Å². The molecule has 3 heteroatoms. The van der Waals surface area contributed by atoms with Crippen molar-refractivity contribution in [1.29, 1.82) is 0 Å². The van der Waals surface area contributed by atoms with E-state index in [-0.39, 0.29) is 17.4 Å². The first-order chi connectivity index (χ1) is 9.27. The van der Waals surface area contributed by atoms with E-state index < -0.39 is 22.9 Å². The summed E-state index contributed by atoms with van der Waals surface area (Å²) in [6, 6.07) is 1.87. The molecule has 0 amide bonds. The van der Waals surface area contributed by atoms with Crippen LogP contribution in [0.4, 0.5) is 13.2 Å². The fourth-order valence-corrected chi connectivity index (χ4v) is 3.68. The van der Waals surface area contributed by atoms with Crippen LogP contribution in [0.3, 0.4) is 0 Å². The molecule has 0 saturated carbocycles. The van der Waals surface area contributed by atoms with Gasteiger partial charge in [0.1, 0.15) is 5.82 Å². The van der Waals surface area contributed by atoms with Crippen LogP contribution in [0.5, 0.6) is 0 Å². The highest BCUT2D eigenvalue weighted by molar-refractivity contribution is 5.37. The molecule has 0 N–H and O–H groups in total. The monoisotopic (exact) mass is 282 g/mol. The Labute approximate surface area is 118 Å². The molecular formula is C17H21F3. The van der Waals surface area contributed by atoms with Gasteiger partial charge in [-0.3, -0.25) is 0 Å². The minimum absolute atomic E-state index is 0.0944. The lowest BCUT2D eigenvalue weighted by molar-refractivity contribution is 0.225. The molecule has 0 spiro atoms. The van der Waals surface area contributed by atoms with Crippen LogP contribution in [0.25, 0.3) is 0 Å². The quantitative estimate of drug-likeness (QED) is 0.505. The van der Waals surface area contributed by atoms with Crippen molar-refractivity contribution in [3.63, 3.8) is 0 Å². The van der Waals surface area contributed by atoms with Crippen molar-refractivity contribution < 1.29 is 13.2 Å². The maximum atomic E-state index is 14.2. The second-order valence-electron chi connectivity index (χ2n) is 6.38. The first-order valence-electron chi connectivity index (χ1n) is 7.09. The molecule has 0 aliphatic heterocycles. The number of benzene rings is 1. The zero-order chi connectivity index (χ0) is 15.1. The van der Waals surface area contributed by atoms with Crippen LogP contribution in [0.1, 0.15) is 46.1 Å². The van der Waals surface area contributed by atoms with Gasteiger partial charge in [0.2, 0.25) is 0 Å². The van der Waals surface area contributed by atoms with Gasteiger partial charge >= 0.3 is 0 Å². The van der Waals surface area contributed by atoms with E-state index in [1.807, 2.05) is 33.8 Å². The number of hydrogen-bond acceptors (Lipinski definition) is 0. The summed E-state index contributed by atoms with van der Waals surface area (Å²) in [5.74, 6) is -2.34. The molecule has 0 radical (unpaired) electrons. The zero-order valence-corrected chi connectivity index (χ0v) is 12.4. The summed E-state index contributed by atoms with van der Waals surface area (Å²) in [6.07, 6.45) is 3.71. The van der Waals surface area contributed by atoms with Crippen LogP contribution >= 0.6 is 0 Å². The molecule has 2 atom stereocenters. The Morgan fingerprint density at radius 3 is 2.35 bits per heavy atom. The normalized spacial score (nSPS) is 26.8. The summed E-state index contributed by atoms with van der Waals surface area (Å²) in [5.41, 5.74) is 0.176. The van der Waals surface area contributed by atoms with E-state index in [1.54, 1.807) is 0 Å². The Hall–Kier alpha value is -1.25. The topological polar surface area (TPSA) is 0 Å². The van der Waals surface area contributed by atoms with Crippen LogP contribution in [-0.4, -0.2) is 0 Å². The summed E-state index contributed by atoms with van der Waals surface area (Å²) in [4.78, 5) is 0. The van der Waals surface area contributed by atoms with Gasteiger partial charge in [-0.05, 0) is 43.7 Å². The fourth-order valence-electron chi connectivity index (χ4n) is 3.68. The Kier molecular flexibility index (Phi) is 3.99. The molecule has 110 valence electrons. The van der Waals surface area contributed by atoms with Gasteiger partial charge in [-0.25, -0.2) is 13.2 Å². The van der Waals surface area contributed by atoms with Crippen LogP contribution in [-0.2, 0) is 5.41 Å². The molecule has 0 heterocycles. The van der Waals surface area contributed by atoms with E-state index in [9.17, 15) is 13.2 Å². The Balaban J connectivity index is 2.68. The fraction of sp³-hybridized carbons (Fsp3) is 0.529. The predicted octanol–water partition coefficient (Wildman–Crippen LogP) is 5.37. The van der Waals surface area contributed by atoms with E-state index >= 15 is 0 Å². The van der Waals surface area contributed by atoms with Gasteiger partial charge < -0.3 is 0 Å². The zero-order valence-electron chi connectivity index (χ0n) is 12.4. The van der Waals surface area contributed by atoms with E-state index in [2.05, 4.69) is 0 Å². The van der Waals surface area contributed by atoms with Crippen molar-refractivity contribution in [3.8, 4) is 0 Å². The van der Waals surface area contributed by atoms with Gasteiger partial charge in [-0.1, -0.05) is 32.4 Å². The third-order valence-electron chi connectivity index (χ3n) is 4.55. The second-order valence-corrected chi connectivity index (χ2v) is 6.38. The molecule has 0 aromatic heterocycles. The van der Waals surface area contributed by atoms with E-state index in [4.69, 9.17) is 0 Å². The maximum absolute atomic E-state index is 14.2. The molecule has 0 saturated heterocycles. The molecule has 1 aromatic rings. The predicted molar refractivity (Wildman–Crippen MR) is 75.0 cm³/mol. The van der Waals surface area contributed by atoms with Crippen molar-refractivity contribution in [2.24, 2.45) is 11.8 Å². The number of hydrogen-bond donors (Lipinski definition) is 0. The highest BCUT2D eigenvalue weighted by atomic mass is 19.2. The van der Waals surface area contributed by atoms with E-state index in [0.717, 1.165) is 30.5 Å². The minimum Gasteiger partial charge on any atom is -0.207 e. The summed E-state index contributed by atoms with van der Waals surface area (Å²) >= 11 is 0. The molecule has 0 nitrogen and oxygen atoms in total. The lowest BCUT2D eigenvalue weighted by atomic mass is 9.62. The smallest absolute Gasteiger partial charge is 0.165 e. The van der Waals surface area contributed by atoms with Crippen molar-refractivity contribution >= 4 is 0 Å². The van der Waals surface area contributed by atoms with Crippen molar-refractivity contribution in [1.82, 2.24) is 0 Å². The molecular weight excluding hydrogens is 261 g/mol. The standard InChI is InChI=1S/C17H21F3/c1-10(2)12-6-5-11(3)9-17(12,4)15-13(18)7-8-14(19)16(15)20/h7-10,12H,5-6H2,1-4H3/t12?,17-/m0/s1. The number of halogens is 3. The van der Waals surface area contributed by atoms with Crippen molar-refractivity contribution in [3.05, 3.63) is 46.8 Å². The van der Waals surface area contributed by atoms with Gasteiger partial charge in [0.05, 0.1) is 0 Å². The Bertz CT molecular complexity index is 545. The van der Waals surface area contributed by atoms with Crippen LogP contribution in [0.15, 0.2) is 23.8 Å². The molecule has 1 aromatic carbocycles. The Morgan fingerprint density at radius 2 is 1.75 bits per heavy atom. The molecule has 1 unspecified atom stereocenters. The third-order valence-corrected chi connectivity index (χ3v) is 4.55. The number of rotatable bonds is 2. The molecule has 0 bridgehead atoms. The molecule has 0 fully saturated rings. The van der Waals surface area contributed by atoms with Gasteiger partial charge in [-0.15, -0.1) is 0 Å². The highest BCUT2D eigenvalue weighted by Crippen LogP contribution is 2.47. The lowest BCUT2D eigenvalue weighted by Gasteiger charge is -2.42.